The van der Waals surface area contributed by atoms with Crippen LogP contribution in [0, 0.1) is 5.92 Å². The van der Waals surface area contributed by atoms with Crippen LogP contribution in [0.15, 0.2) is 54.7 Å². The van der Waals surface area contributed by atoms with Gasteiger partial charge < -0.3 is 15.2 Å². The van der Waals surface area contributed by atoms with Gasteiger partial charge in [0.2, 0.25) is 5.91 Å². The summed E-state index contributed by atoms with van der Waals surface area (Å²) in [4.78, 5) is 30.4. The molecule has 0 saturated carbocycles. The number of benzene rings is 2. The number of aromatic amines is 1. The van der Waals surface area contributed by atoms with Crippen molar-refractivity contribution in [2.24, 2.45) is 5.92 Å². The summed E-state index contributed by atoms with van der Waals surface area (Å²) in [5.41, 5.74) is 2.25. The zero-order valence-corrected chi connectivity index (χ0v) is 15.5. The van der Waals surface area contributed by atoms with Crippen LogP contribution in [0.1, 0.15) is 23.2 Å². The Morgan fingerprint density at radius 3 is 2.89 bits per heavy atom. The highest BCUT2D eigenvalue weighted by Gasteiger charge is 2.29. The van der Waals surface area contributed by atoms with Gasteiger partial charge in [-0.15, -0.1) is 0 Å². The van der Waals surface area contributed by atoms with E-state index in [1.165, 1.54) is 0 Å². The number of carbonyl (C=O) groups is 2. The normalized spacial score (nSPS) is 17.1. The number of nitrogens with one attached hydrogen (secondary N) is 2. The van der Waals surface area contributed by atoms with Crippen molar-refractivity contribution in [3.63, 3.8) is 0 Å². The summed E-state index contributed by atoms with van der Waals surface area (Å²) in [5, 5.41) is 4.56. The molecule has 1 aliphatic heterocycles. The second-order valence-electron chi connectivity index (χ2n) is 6.87. The first-order valence-corrected chi connectivity index (χ1v) is 9.41. The fraction of sp³-hybridized carbons (Fsp3) is 0.238. The molecule has 1 saturated heterocycles. The van der Waals surface area contributed by atoms with Crippen LogP contribution in [0.25, 0.3) is 10.9 Å². The van der Waals surface area contributed by atoms with Gasteiger partial charge in [-0.2, -0.15) is 0 Å². The Balaban J connectivity index is 1.45. The molecule has 2 amide bonds. The second kappa shape index (κ2) is 7.45. The number of likely N-dealkylation sites (tertiary alicyclic amines) is 1. The number of H-pyrrole nitrogens is 1. The minimum absolute atomic E-state index is 0.0354. The molecule has 2 N–H and O–H groups in total. The quantitative estimate of drug-likeness (QED) is 0.709. The Kier molecular flexibility index (Phi) is 4.86. The highest BCUT2D eigenvalue weighted by molar-refractivity contribution is 6.30. The van der Waals surface area contributed by atoms with E-state index < -0.39 is 0 Å². The Hall–Kier alpha value is -2.79. The van der Waals surface area contributed by atoms with Crippen LogP contribution in [0.5, 0.6) is 0 Å². The largest absolute Gasteiger partial charge is 0.361 e. The number of carbonyl (C=O) groups excluding carboxylic acids is 2. The topological polar surface area (TPSA) is 65.2 Å². The molecule has 1 aromatic heterocycles. The van der Waals surface area contributed by atoms with Gasteiger partial charge in [-0.3, -0.25) is 9.59 Å². The molecule has 6 heteroatoms. The summed E-state index contributed by atoms with van der Waals surface area (Å²) in [7, 11) is 0. The molecule has 1 fully saturated rings. The van der Waals surface area contributed by atoms with Gasteiger partial charge in [0.25, 0.3) is 5.91 Å². The van der Waals surface area contributed by atoms with Crippen molar-refractivity contribution in [3.05, 3.63) is 65.3 Å². The standard InChI is InChI=1S/C21H20ClN3O2/c22-17-4-1-5-18(12-17)24-20(26)16-3-2-10-25(13-16)21(27)15-7-6-14-8-9-23-19(14)11-15/h1,4-9,11-12,16,23H,2-3,10,13H2,(H,24,26)/t16-/m1/s1. The Labute approximate surface area is 162 Å². The molecule has 4 rings (SSSR count). The molecule has 0 unspecified atom stereocenters. The number of rotatable bonds is 3. The van der Waals surface area contributed by atoms with E-state index in [1.54, 1.807) is 29.2 Å². The summed E-state index contributed by atoms with van der Waals surface area (Å²) >= 11 is 5.97. The minimum Gasteiger partial charge on any atom is -0.361 e. The lowest BCUT2D eigenvalue weighted by molar-refractivity contribution is -0.121. The number of nitrogens with zero attached hydrogens (tertiary/aromatic N) is 1. The molecule has 0 radical (unpaired) electrons. The average Bonchev–Trinajstić information content (AvgIpc) is 3.15. The fourth-order valence-corrected chi connectivity index (χ4v) is 3.74. The molecular formula is C21H20ClN3O2. The van der Waals surface area contributed by atoms with Gasteiger partial charge in [0, 0.05) is 41.1 Å². The first kappa shape index (κ1) is 17.6. The number of hydrogen-bond acceptors (Lipinski definition) is 2. The molecule has 0 aliphatic carbocycles. The number of amides is 2. The summed E-state index contributed by atoms with van der Waals surface area (Å²) < 4.78 is 0. The molecule has 2 aromatic carbocycles. The third kappa shape index (κ3) is 3.83. The lowest BCUT2D eigenvalue weighted by Gasteiger charge is -2.32. The summed E-state index contributed by atoms with van der Waals surface area (Å²) in [6.45, 7) is 1.09. The Morgan fingerprint density at radius 2 is 2.04 bits per heavy atom. The number of hydrogen-bond donors (Lipinski definition) is 2. The van der Waals surface area contributed by atoms with Gasteiger partial charge in [-0.25, -0.2) is 0 Å². The lowest BCUT2D eigenvalue weighted by Crippen LogP contribution is -2.43. The van der Waals surface area contributed by atoms with Crippen molar-refractivity contribution >= 4 is 40.0 Å². The molecule has 2 heterocycles. The van der Waals surface area contributed by atoms with E-state index in [0.717, 1.165) is 23.7 Å². The van der Waals surface area contributed by atoms with Crippen molar-refractivity contribution < 1.29 is 9.59 Å². The van der Waals surface area contributed by atoms with Gasteiger partial charge in [-0.1, -0.05) is 23.7 Å². The van der Waals surface area contributed by atoms with Crippen molar-refractivity contribution in [2.45, 2.75) is 12.8 Å². The Morgan fingerprint density at radius 1 is 1.15 bits per heavy atom. The minimum atomic E-state index is -0.226. The number of halogens is 1. The number of fused-ring (bicyclic) bond motifs is 1. The summed E-state index contributed by atoms with van der Waals surface area (Å²) in [6, 6.07) is 14.7. The molecule has 1 aliphatic rings. The van der Waals surface area contributed by atoms with E-state index >= 15 is 0 Å². The molecular weight excluding hydrogens is 362 g/mol. The van der Waals surface area contributed by atoms with E-state index in [1.807, 2.05) is 30.5 Å². The van der Waals surface area contributed by atoms with Crippen LogP contribution >= 0.6 is 11.6 Å². The number of aromatic nitrogens is 1. The fourth-order valence-electron chi connectivity index (χ4n) is 3.55. The van der Waals surface area contributed by atoms with Gasteiger partial charge >= 0.3 is 0 Å². The molecule has 0 bridgehead atoms. The predicted molar refractivity (Wildman–Crippen MR) is 107 cm³/mol. The van der Waals surface area contributed by atoms with E-state index in [9.17, 15) is 9.59 Å². The first-order valence-electron chi connectivity index (χ1n) is 9.03. The monoisotopic (exact) mass is 381 g/mol. The van der Waals surface area contributed by atoms with Crippen LogP contribution in [0.4, 0.5) is 5.69 Å². The van der Waals surface area contributed by atoms with E-state index in [0.29, 0.717) is 29.4 Å². The van der Waals surface area contributed by atoms with E-state index in [-0.39, 0.29) is 17.7 Å². The first-order chi connectivity index (χ1) is 13.1. The predicted octanol–water partition coefficient (Wildman–Crippen LogP) is 4.31. The van der Waals surface area contributed by atoms with E-state index in [2.05, 4.69) is 10.3 Å². The maximum Gasteiger partial charge on any atom is 0.253 e. The molecule has 5 nitrogen and oxygen atoms in total. The molecule has 27 heavy (non-hydrogen) atoms. The van der Waals surface area contributed by atoms with Gasteiger partial charge in [-0.05, 0) is 54.6 Å². The number of piperidine rings is 1. The van der Waals surface area contributed by atoms with Crippen molar-refractivity contribution in [3.8, 4) is 0 Å². The van der Waals surface area contributed by atoms with Crippen LogP contribution in [0.3, 0.4) is 0 Å². The lowest BCUT2D eigenvalue weighted by atomic mass is 9.96. The smallest absolute Gasteiger partial charge is 0.253 e. The van der Waals surface area contributed by atoms with E-state index in [4.69, 9.17) is 11.6 Å². The SMILES string of the molecule is O=C(Nc1cccc(Cl)c1)[C@@H]1CCCN(C(=O)c2ccc3cc[nH]c3c2)C1. The zero-order chi connectivity index (χ0) is 18.8. The third-order valence-corrected chi connectivity index (χ3v) is 5.21. The second-order valence-corrected chi connectivity index (χ2v) is 7.31. The van der Waals surface area contributed by atoms with Crippen LogP contribution in [0.2, 0.25) is 5.02 Å². The van der Waals surface area contributed by atoms with Crippen molar-refractivity contribution in [1.29, 1.82) is 0 Å². The average molecular weight is 382 g/mol. The molecule has 138 valence electrons. The zero-order valence-electron chi connectivity index (χ0n) is 14.7. The third-order valence-electron chi connectivity index (χ3n) is 4.97. The maximum absolute atomic E-state index is 12.9. The van der Waals surface area contributed by atoms with Crippen LogP contribution in [-0.2, 0) is 4.79 Å². The van der Waals surface area contributed by atoms with Gasteiger partial charge in [0.15, 0.2) is 0 Å². The maximum atomic E-state index is 12.9. The van der Waals surface area contributed by atoms with Crippen LogP contribution in [-0.4, -0.2) is 34.8 Å². The highest BCUT2D eigenvalue weighted by atomic mass is 35.5. The Bertz CT molecular complexity index is 998. The summed E-state index contributed by atoms with van der Waals surface area (Å²) in [6.07, 6.45) is 3.44. The van der Waals surface area contributed by atoms with Gasteiger partial charge in [0.1, 0.15) is 0 Å². The molecule has 0 spiro atoms. The highest BCUT2D eigenvalue weighted by Crippen LogP contribution is 2.23. The van der Waals surface area contributed by atoms with Crippen molar-refractivity contribution in [1.82, 2.24) is 9.88 Å². The van der Waals surface area contributed by atoms with Gasteiger partial charge in [0.05, 0.1) is 5.92 Å². The number of anilines is 1. The van der Waals surface area contributed by atoms with Crippen LogP contribution < -0.4 is 5.32 Å². The molecule has 1 atom stereocenters. The van der Waals surface area contributed by atoms with Crippen molar-refractivity contribution in [2.75, 3.05) is 18.4 Å². The molecule has 3 aromatic rings. The summed E-state index contributed by atoms with van der Waals surface area (Å²) in [5.74, 6) is -0.336.